The summed E-state index contributed by atoms with van der Waals surface area (Å²) >= 11 is 0. The summed E-state index contributed by atoms with van der Waals surface area (Å²) in [5.41, 5.74) is 0.0324. The molecule has 1 unspecified atom stereocenters. The Labute approximate surface area is 110 Å². The molecule has 1 aromatic heterocycles. The molecule has 0 spiro atoms. The van der Waals surface area contributed by atoms with E-state index < -0.39 is 5.91 Å². The van der Waals surface area contributed by atoms with Crippen molar-refractivity contribution in [3.8, 4) is 11.5 Å². The van der Waals surface area contributed by atoms with E-state index in [2.05, 4.69) is 15.3 Å². The number of phenols is 2. The molecule has 6 nitrogen and oxygen atoms in total. The van der Waals surface area contributed by atoms with Crippen molar-refractivity contribution in [3.05, 3.63) is 42.0 Å². The maximum Gasteiger partial charge on any atom is 0.255 e. The third-order valence-electron chi connectivity index (χ3n) is 2.79. The highest BCUT2D eigenvalue weighted by Gasteiger charge is 2.18. The van der Waals surface area contributed by atoms with E-state index in [1.165, 1.54) is 18.2 Å². The molecule has 4 N–H and O–H groups in total. The zero-order valence-corrected chi connectivity index (χ0v) is 10.4. The maximum absolute atomic E-state index is 12.1. The third kappa shape index (κ3) is 2.85. The number of amides is 1. The van der Waals surface area contributed by atoms with Crippen LogP contribution >= 0.6 is 0 Å². The Morgan fingerprint density at radius 1 is 1.47 bits per heavy atom. The van der Waals surface area contributed by atoms with Crippen LogP contribution in [0.25, 0.3) is 0 Å². The lowest BCUT2D eigenvalue weighted by molar-refractivity contribution is 0.0930. The molecule has 1 aromatic carbocycles. The number of nitrogens with zero attached hydrogens (tertiary/aromatic N) is 1. The average Bonchev–Trinajstić information content (AvgIpc) is 2.92. The highest BCUT2D eigenvalue weighted by Crippen LogP contribution is 2.23. The molecule has 6 heteroatoms. The molecule has 0 bridgehead atoms. The van der Waals surface area contributed by atoms with Gasteiger partial charge < -0.3 is 20.5 Å². The van der Waals surface area contributed by atoms with Crippen LogP contribution in [0.4, 0.5) is 0 Å². The standard InChI is InChI=1S/C13H15N3O3/c1-2-10(12-14-5-6-15-12)16-13(19)9-7-8(17)3-4-11(9)18/h3-7,10,17-18H,2H2,1H3,(H,14,15)(H,16,19). The minimum absolute atomic E-state index is 0.0324. The van der Waals surface area contributed by atoms with Gasteiger partial charge >= 0.3 is 0 Å². The van der Waals surface area contributed by atoms with Crippen LogP contribution in [0.3, 0.4) is 0 Å². The first-order valence-electron chi connectivity index (χ1n) is 5.94. The van der Waals surface area contributed by atoms with Crippen LogP contribution in [0.2, 0.25) is 0 Å². The molecule has 2 aromatic rings. The number of H-pyrrole nitrogens is 1. The molecule has 2 rings (SSSR count). The second-order valence-electron chi connectivity index (χ2n) is 4.11. The molecule has 0 saturated heterocycles. The van der Waals surface area contributed by atoms with Crippen molar-refractivity contribution in [1.29, 1.82) is 0 Å². The predicted molar refractivity (Wildman–Crippen MR) is 68.9 cm³/mol. The average molecular weight is 261 g/mol. The molecule has 100 valence electrons. The fourth-order valence-electron chi connectivity index (χ4n) is 1.77. The SMILES string of the molecule is CCC(NC(=O)c1cc(O)ccc1O)c1ncc[nH]1. The molecule has 0 aliphatic carbocycles. The molecule has 1 heterocycles. The fourth-order valence-corrected chi connectivity index (χ4v) is 1.77. The first-order chi connectivity index (χ1) is 9.11. The van der Waals surface area contributed by atoms with Crippen LogP contribution in [0.5, 0.6) is 11.5 Å². The number of phenolic OH excluding ortho intramolecular Hbond substituents is 2. The van der Waals surface area contributed by atoms with Crippen LogP contribution in [0.15, 0.2) is 30.6 Å². The lowest BCUT2D eigenvalue weighted by atomic mass is 10.1. The second-order valence-corrected chi connectivity index (χ2v) is 4.11. The van der Waals surface area contributed by atoms with Crippen molar-refractivity contribution in [2.45, 2.75) is 19.4 Å². The van der Waals surface area contributed by atoms with Crippen LogP contribution in [-0.4, -0.2) is 26.1 Å². The van der Waals surface area contributed by atoms with Gasteiger partial charge in [0.15, 0.2) is 0 Å². The number of carbonyl (C=O) groups excluding carboxylic acids is 1. The minimum atomic E-state index is -0.461. The van der Waals surface area contributed by atoms with Crippen molar-refractivity contribution in [2.75, 3.05) is 0 Å². The van der Waals surface area contributed by atoms with E-state index in [9.17, 15) is 15.0 Å². The van der Waals surface area contributed by atoms with Gasteiger partial charge in [-0.25, -0.2) is 4.98 Å². The van der Waals surface area contributed by atoms with E-state index in [1.54, 1.807) is 12.4 Å². The molecular formula is C13H15N3O3. The topological polar surface area (TPSA) is 98.2 Å². The molecule has 0 saturated carbocycles. The highest BCUT2D eigenvalue weighted by atomic mass is 16.3. The third-order valence-corrected chi connectivity index (χ3v) is 2.79. The highest BCUT2D eigenvalue weighted by molar-refractivity contribution is 5.97. The number of nitrogens with one attached hydrogen (secondary N) is 2. The summed E-state index contributed by atoms with van der Waals surface area (Å²) in [6.45, 7) is 1.91. The smallest absolute Gasteiger partial charge is 0.255 e. The first kappa shape index (κ1) is 12.9. The molecular weight excluding hydrogens is 246 g/mol. The van der Waals surface area contributed by atoms with Crippen molar-refractivity contribution in [1.82, 2.24) is 15.3 Å². The quantitative estimate of drug-likeness (QED) is 0.629. The number of hydrogen-bond donors (Lipinski definition) is 4. The Balaban J connectivity index is 2.18. The van der Waals surface area contributed by atoms with Crippen LogP contribution in [0, 0.1) is 0 Å². The van der Waals surface area contributed by atoms with Gasteiger partial charge in [0.25, 0.3) is 5.91 Å². The van der Waals surface area contributed by atoms with Gasteiger partial charge in [-0.2, -0.15) is 0 Å². The Bertz CT molecular complexity index is 567. The van der Waals surface area contributed by atoms with Crippen molar-refractivity contribution >= 4 is 5.91 Å². The summed E-state index contributed by atoms with van der Waals surface area (Å²) in [4.78, 5) is 19.1. The van der Waals surface area contributed by atoms with E-state index in [0.29, 0.717) is 12.2 Å². The first-order valence-corrected chi connectivity index (χ1v) is 5.94. The molecule has 1 atom stereocenters. The van der Waals surface area contributed by atoms with E-state index in [0.717, 1.165) is 0 Å². The summed E-state index contributed by atoms with van der Waals surface area (Å²) in [6.07, 6.45) is 3.94. The largest absolute Gasteiger partial charge is 0.508 e. The van der Waals surface area contributed by atoms with Gasteiger partial charge in [0, 0.05) is 12.4 Å². The van der Waals surface area contributed by atoms with E-state index in [4.69, 9.17) is 0 Å². The minimum Gasteiger partial charge on any atom is -0.508 e. The van der Waals surface area contributed by atoms with Gasteiger partial charge in [-0.1, -0.05) is 6.92 Å². The Kier molecular flexibility index (Phi) is 3.70. The zero-order chi connectivity index (χ0) is 13.8. The summed E-state index contributed by atoms with van der Waals surface area (Å²) in [5, 5.41) is 21.7. The van der Waals surface area contributed by atoms with Gasteiger partial charge in [-0.05, 0) is 24.6 Å². The fraction of sp³-hybridized carbons (Fsp3) is 0.231. The van der Waals surface area contributed by atoms with E-state index in [-0.39, 0.29) is 23.1 Å². The second kappa shape index (κ2) is 5.43. The van der Waals surface area contributed by atoms with Crippen molar-refractivity contribution < 1.29 is 15.0 Å². The Morgan fingerprint density at radius 3 is 2.89 bits per heavy atom. The number of aromatic hydroxyl groups is 2. The Morgan fingerprint density at radius 2 is 2.26 bits per heavy atom. The van der Waals surface area contributed by atoms with Gasteiger partial charge in [0.2, 0.25) is 0 Å². The number of rotatable bonds is 4. The van der Waals surface area contributed by atoms with Gasteiger partial charge in [-0.15, -0.1) is 0 Å². The van der Waals surface area contributed by atoms with Crippen LogP contribution < -0.4 is 5.32 Å². The molecule has 0 aliphatic rings. The van der Waals surface area contributed by atoms with Gasteiger partial charge in [0.05, 0.1) is 11.6 Å². The summed E-state index contributed by atoms with van der Waals surface area (Å²) in [7, 11) is 0. The number of aromatic nitrogens is 2. The molecule has 1 amide bonds. The van der Waals surface area contributed by atoms with Gasteiger partial charge in [0.1, 0.15) is 17.3 Å². The lowest BCUT2D eigenvalue weighted by Gasteiger charge is -2.15. The molecule has 19 heavy (non-hydrogen) atoms. The molecule has 0 aliphatic heterocycles. The number of carbonyl (C=O) groups is 1. The predicted octanol–water partition coefficient (Wildman–Crippen LogP) is 1.70. The van der Waals surface area contributed by atoms with Crippen molar-refractivity contribution in [3.63, 3.8) is 0 Å². The summed E-state index contributed by atoms with van der Waals surface area (Å²) in [6, 6.07) is 3.54. The van der Waals surface area contributed by atoms with E-state index >= 15 is 0 Å². The number of imidazole rings is 1. The summed E-state index contributed by atoms with van der Waals surface area (Å²) < 4.78 is 0. The summed E-state index contributed by atoms with van der Waals surface area (Å²) in [5.74, 6) is -0.0641. The normalized spacial score (nSPS) is 12.1. The monoisotopic (exact) mass is 261 g/mol. The van der Waals surface area contributed by atoms with Crippen LogP contribution in [0.1, 0.15) is 35.6 Å². The zero-order valence-electron chi connectivity index (χ0n) is 10.4. The number of benzene rings is 1. The maximum atomic E-state index is 12.1. The number of aromatic amines is 1. The molecule has 0 radical (unpaired) electrons. The lowest BCUT2D eigenvalue weighted by Crippen LogP contribution is -2.28. The van der Waals surface area contributed by atoms with E-state index in [1.807, 2.05) is 6.92 Å². The van der Waals surface area contributed by atoms with Crippen LogP contribution in [-0.2, 0) is 0 Å². The number of hydrogen-bond acceptors (Lipinski definition) is 4. The molecule has 0 fully saturated rings. The Hall–Kier alpha value is -2.50. The van der Waals surface area contributed by atoms with Crippen molar-refractivity contribution in [2.24, 2.45) is 0 Å². The van der Waals surface area contributed by atoms with Gasteiger partial charge in [-0.3, -0.25) is 4.79 Å².